The van der Waals surface area contributed by atoms with Crippen LogP contribution in [-0.4, -0.2) is 57.7 Å². The minimum atomic E-state index is -0.769. The Morgan fingerprint density at radius 1 is 1.02 bits per heavy atom. The van der Waals surface area contributed by atoms with E-state index in [4.69, 9.17) is 23.7 Å². The average Bonchev–Trinajstić information content (AvgIpc) is 2.93. The highest BCUT2D eigenvalue weighted by Crippen LogP contribution is 2.37. The van der Waals surface area contributed by atoms with Crippen LogP contribution < -0.4 is 35.0 Å². The van der Waals surface area contributed by atoms with Gasteiger partial charge >= 0.3 is 12.0 Å². The summed E-state index contributed by atoms with van der Waals surface area (Å²) in [6.45, 7) is 7.86. The quantitative estimate of drug-likeness (QED) is 0.171. The lowest BCUT2D eigenvalue weighted by molar-refractivity contribution is -0.139. The topological polar surface area (TPSA) is 146 Å². The van der Waals surface area contributed by atoms with Crippen molar-refractivity contribution in [2.24, 2.45) is 5.10 Å². The van der Waals surface area contributed by atoms with Crippen molar-refractivity contribution in [1.29, 1.82) is 0 Å². The molecule has 0 bridgehead atoms. The fraction of sp³-hybridized carbons (Fsp3) is 0.357. The molecule has 0 unspecified atom stereocenters. The van der Waals surface area contributed by atoms with Gasteiger partial charge in [0.2, 0.25) is 0 Å². The summed E-state index contributed by atoms with van der Waals surface area (Å²) >= 11 is 3.47. The fourth-order valence-corrected chi connectivity index (χ4v) is 4.54. The van der Waals surface area contributed by atoms with Crippen molar-refractivity contribution in [3.05, 3.63) is 57.2 Å². The van der Waals surface area contributed by atoms with Crippen molar-refractivity contribution < 1.29 is 38.1 Å². The fourth-order valence-electron chi connectivity index (χ4n) is 3.97. The van der Waals surface area contributed by atoms with Gasteiger partial charge in [-0.25, -0.2) is 15.0 Å². The number of ether oxygens (including phenoxy) is 5. The first kappa shape index (κ1) is 31.3. The normalized spacial score (nSPS) is 14.7. The van der Waals surface area contributed by atoms with Crippen LogP contribution in [0.1, 0.15) is 44.9 Å². The maximum Gasteiger partial charge on any atom is 0.338 e. The first-order chi connectivity index (χ1) is 19.7. The number of amides is 3. The van der Waals surface area contributed by atoms with E-state index in [1.807, 2.05) is 13.8 Å². The molecule has 0 aliphatic carbocycles. The molecular weight excluding hydrogens is 600 g/mol. The number of carbonyl (C=O) groups excluding carboxylic acids is 3. The minimum absolute atomic E-state index is 0.185. The highest BCUT2D eigenvalue weighted by molar-refractivity contribution is 9.10. The van der Waals surface area contributed by atoms with E-state index in [0.29, 0.717) is 51.8 Å². The summed E-state index contributed by atoms with van der Waals surface area (Å²) in [5.74, 6) is 0.678. The molecule has 2 aromatic rings. The lowest BCUT2D eigenvalue weighted by atomic mass is 9.95. The van der Waals surface area contributed by atoms with Crippen LogP contribution in [0.4, 0.5) is 4.79 Å². The smallest absolute Gasteiger partial charge is 0.338 e. The Morgan fingerprint density at radius 2 is 1.78 bits per heavy atom. The van der Waals surface area contributed by atoms with Gasteiger partial charge in [0.15, 0.2) is 29.6 Å². The number of methoxy groups -OCH3 is 1. The lowest BCUT2D eigenvalue weighted by Crippen LogP contribution is -2.45. The molecular formula is C28H33BrN4O8. The molecule has 0 saturated carbocycles. The summed E-state index contributed by atoms with van der Waals surface area (Å²) in [5, 5.41) is 9.32. The number of esters is 1. The molecule has 3 amide bonds. The number of allylic oxidation sites excluding steroid dienone is 1. The molecule has 12 nitrogen and oxygen atoms in total. The van der Waals surface area contributed by atoms with Crippen LogP contribution in [0.25, 0.3) is 0 Å². The van der Waals surface area contributed by atoms with E-state index in [1.54, 1.807) is 44.2 Å². The molecule has 41 heavy (non-hydrogen) atoms. The second-order valence-corrected chi connectivity index (χ2v) is 9.33. The molecule has 3 rings (SSSR count). The van der Waals surface area contributed by atoms with E-state index in [9.17, 15) is 14.4 Å². The first-order valence-electron chi connectivity index (χ1n) is 12.9. The molecule has 0 radical (unpaired) electrons. The molecule has 1 aliphatic rings. The molecule has 1 aliphatic heterocycles. The van der Waals surface area contributed by atoms with Gasteiger partial charge in [-0.2, -0.15) is 5.10 Å². The number of benzene rings is 2. The number of urea groups is 1. The number of hydrogen-bond acceptors (Lipinski definition) is 9. The SMILES string of the molecule is CCOC(=O)C1=C(C)NC(=O)N[C@H]1c1ccc(OCC(=O)N/N=C\c2cc(Br)c(OCC)c(OCC)c2)c(OC)c1. The molecule has 0 fully saturated rings. The highest BCUT2D eigenvalue weighted by Gasteiger charge is 2.32. The number of nitrogens with zero attached hydrogens (tertiary/aromatic N) is 1. The first-order valence-corrected chi connectivity index (χ1v) is 13.7. The Labute approximate surface area is 246 Å². The summed E-state index contributed by atoms with van der Waals surface area (Å²) in [4.78, 5) is 37.1. The molecule has 1 atom stereocenters. The summed E-state index contributed by atoms with van der Waals surface area (Å²) in [7, 11) is 1.44. The highest BCUT2D eigenvalue weighted by atomic mass is 79.9. The van der Waals surface area contributed by atoms with Crippen molar-refractivity contribution in [1.82, 2.24) is 16.1 Å². The van der Waals surface area contributed by atoms with E-state index in [2.05, 4.69) is 37.1 Å². The number of nitrogens with one attached hydrogen (secondary N) is 3. The number of halogens is 1. The molecule has 2 aromatic carbocycles. The van der Waals surface area contributed by atoms with Gasteiger partial charge in [0.1, 0.15) is 0 Å². The van der Waals surface area contributed by atoms with Gasteiger partial charge in [0, 0.05) is 5.70 Å². The third-order valence-electron chi connectivity index (χ3n) is 5.67. The summed E-state index contributed by atoms with van der Waals surface area (Å²) in [6, 6.07) is 7.19. The molecule has 0 aromatic heterocycles. The molecule has 13 heteroatoms. The predicted molar refractivity (Wildman–Crippen MR) is 154 cm³/mol. The maximum atomic E-state index is 12.6. The zero-order valence-corrected chi connectivity index (χ0v) is 25.0. The number of hydrogen-bond donors (Lipinski definition) is 3. The standard InChI is InChI=1S/C28H33BrN4O8/c1-6-38-22-12-17(11-19(29)26(22)39-7-2)14-30-33-23(34)15-41-20-10-9-18(13-21(20)37-5)25-24(27(35)40-8-3)16(4)31-28(36)32-25/h9-14,25H,6-8,15H2,1-5H3,(H,33,34)(H2,31,32,36)/b30-14-/t25-/m0/s1. The van der Waals surface area contributed by atoms with Crippen LogP contribution in [0.15, 0.2) is 51.2 Å². The van der Waals surface area contributed by atoms with Crippen LogP contribution in [0, 0.1) is 0 Å². The zero-order chi connectivity index (χ0) is 29.9. The minimum Gasteiger partial charge on any atom is -0.493 e. The Balaban J connectivity index is 1.68. The number of carbonyl (C=O) groups is 3. The van der Waals surface area contributed by atoms with Crippen molar-refractivity contribution >= 4 is 40.1 Å². The van der Waals surface area contributed by atoms with E-state index in [-0.39, 0.29) is 24.5 Å². The Kier molecular flexibility index (Phi) is 11.4. The van der Waals surface area contributed by atoms with Gasteiger partial charge in [-0.3, -0.25) is 4.79 Å². The van der Waals surface area contributed by atoms with Gasteiger partial charge in [-0.15, -0.1) is 0 Å². The van der Waals surface area contributed by atoms with Crippen LogP contribution in [0.3, 0.4) is 0 Å². The molecule has 1 heterocycles. The average molecular weight is 633 g/mol. The monoisotopic (exact) mass is 632 g/mol. The molecule has 220 valence electrons. The third-order valence-corrected chi connectivity index (χ3v) is 6.26. The van der Waals surface area contributed by atoms with Gasteiger partial charge < -0.3 is 34.3 Å². The third kappa shape index (κ3) is 8.13. The van der Waals surface area contributed by atoms with E-state index >= 15 is 0 Å². The van der Waals surface area contributed by atoms with Crippen molar-refractivity contribution in [3.8, 4) is 23.0 Å². The predicted octanol–water partition coefficient (Wildman–Crippen LogP) is 3.98. The Bertz CT molecular complexity index is 1340. The number of rotatable bonds is 13. The van der Waals surface area contributed by atoms with Crippen molar-refractivity contribution in [3.63, 3.8) is 0 Å². The van der Waals surface area contributed by atoms with Gasteiger partial charge in [0.25, 0.3) is 5.91 Å². The van der Waals surface area contributed by atoms with Crippen LogP contribution in [0.5, 0.6) is 23.0 Å². The maximum absolute atomic E-state index is 12.6. The van der Waals surface area contributed by atoms with E-state index < -0.39 is 23.9 Å². The van der Waals surface area contributed by atoms with Crippen LogP contribution in [-0.2, 0) is 14.3 Å². The number of hydrazone groups is 1. The summed E-state index contributed by atoms with van der Waals surface area (Å²) in [5.41, 5.74) is 4.32. The second-order valence-electron chi connectivity index (χ2n) is 8.48. The molecule has 3 N–H and O–H groups in total. The summed E-state index contributed by atoms with van der Waals surface area (Å²) < 4.78 is 28.2. The molecule has 0 spiro atoms. The van der Waals surface area contributed by atoms with Gasteiger partial charge in [0.05, 0.1) is 49.2 Å². The largest absolute Gasteiger partial charge is 0.493 e. The second kappa shape index (κ2) is 14.9. The molecule has 0 saturated heterocycles. The van der Waals surface area contributed by atoms with Gasteiger partial charge in [-0.1, -0.05) is 6.07 Å². The van der Waals surface area contributed by atoms with Crippen LogP contribution >= 0.6 is 15.9 Å². The zero-order valence-electron chi connectivity index (χ0n) is 23.5. The summed E-state index contributed by atoms with van der Waals surface area (Å²) in [6.07, 6.45) is 1.47. The Hall–Kier alpha value is -4.26. The van der Waals surface area contributed by atoms with E-state index in [1.165, 1.54) is 13.3 Å². The lowest BCUT2D eigenvalue weighted by Gasteiger charge is -2.28. The van der Waals surface area contributed by atoms with Crippen molar-refractivity contribution in [2.45, 2.75) is 33.7 Å². The van der Waals surface area contributed by atoms with E-state index in [0.717, 1.165) is 0 Å². The van der Waals surface area contributed by atoms with Gasteiger partial charge in [-0.05, 0) is 79.0 Å². The van der Waals surface area contributed by atoms with Crippen LogP contribution in [0.2, 0.25) is 0 Å². The Morgan fingerprint density at radius 3 is 2.46 bits per heavy atom. The van der Waals surface area contributed by atoms with Crippen molar-refractivity contribution in [2.75, 3.05) is 33.5 Å².